The van der Waals surface area contributed by atoms with Crippen molar-refractivity contribution in [2.24, 2.45) is 5.73 Å². The van der Waals surface area contributed by atoms with Gasteiger partial charge >= 0.3 is 0 Å². The third-order valence-electron chi connectivity index (χ3n) is 3.54. The summed E-state index contributed by atoms with van der Waals surface area (Å²) in [7, 11) is 2.08. The van der Waals surface area contributed by atoms with Crippen molar-refractivity contribution in [1.82, 2.24) is 4.90 Å². The Balaban J connectivity index is 2.05. The molecule has 0 aliphatic carbocycles. The van der Waals surface area contributed by atoms with E-state index in [0.29, 0.717) is 11.6 Å². The highest BCUT2D eigenvalue weighted by Gasteiger charge is 2.18. The molecular formula is C14H19FN2OS. The van der Waals surface area contributed by atoms with Gasteiger partial charge in [-0.15, -0.1) is 0 Å². The van der Waals surface area contributed by atoms with Crippen molar-refractivity contribution < 1.29 is 9.13 Å². The molecule has 1 aliphatic rings. The van der Waals surface area contributed by atoms with E-state index in [1.807, 2.05) is 0 Å². The minimum atomic E-state index is -0.357. The fourth-order valence-electron chi connectivity index (χ4n) is 2.40. The fourth-order valence-corrected chi connectivity index (χ4v) is 2.56. The lowest BCUT2D eigenvalue weighted by Gasteiger charge is -2.31. The monoisotopic (exact) mass is 282 g/mol. The summed E-state index contributed by atoms with van der Waals surface area (Å²) < 4.78 is 18.9. The number of benzene rings is 1. The molecule has 0 radical (unpaired) electrons. The standard InChI is InChI=1S/C14H19FN2OS/c1-17(11-4-6-18-7-5-11)9-10-2-3-13(15)12(8-10)14(16)19/h2-3,8,11H,4-7,9H2,1H3,(H2,16,19). The molecule has 104 valence electrons. The summed E-state index contributed by atoms with van der Waals surface area (Å²) in [5.74, 6) is -0.357. The molecule has 0 aromatic heterocycles. The van der Waals surface area contributed by atoms with Crippen molar-refractivity contribution in [2.45, 2.75) is 25.4 Å². The summed E-state index contributed by atoms with van der Waals surface area (Å²) in [4.78, 5) is 2.38. The molecule has 1 aromatic rings. The summed E-state index contributed by atoms with van der Waals surface area (Å²) >= 11 is 4.86. The molecule has 1 saturated heterocycles. The largest absolute Gasteiger partial charge is 0.389 e. The van der Waals surface area contributed by atoms with E-state index >= 15 is 0 Å². The number of hydrogen-bond donors (Lipinski definition) is 1. The van der Waals surface area contributed by atoms with Crippen molar-refractivity contribution in [3.8, 4) is 0 Å². The Morgan fingerprint density at radius 1 is 1.47 bits per heavy atom. The first-order valence-electron chi connectivity index (χ1n) is 6.44. The van der Waals surface area contributed by atoms with Crippen LogP contribution < -0.4 is 5.73 Å². The van der Waals surface area contributed by atoms with Gasteiger partial charge in [-0.2, -0.15) is 0 Å². The summed E-state index contributed by atoms with van der Waals surface area (Å²) in [6.45, 7) is 2.40. The van der Waals surface area contributed by atoms with Crippen LogP contribution in [-0.4, -0.2) is 36.2 Å². The van der Waals surface area contributed by atoms with Crippen molar-refractivity contribution in [3.05, 3.63) is 35.1 Å². The van der Waals surface area contributed by atoms with Crippen LogP contribution in [0.2, 0.25) is 0 Å². The minimum absolute atomic E-state index is 0.105. The highest BCUT2D eigenvalue weighted by Crippen LogP contribution is 2.17. The molecule has 1 heterocycles. The molecule has 0 saturated carbocycles. The van der Waals surface area contributed by atoms with Crippen LogP contribution in [0.5, 0.6) is 0 Å². The molecule has 1 aliphatic heterocycles. The van der Waals surface area contributed by atoms with Gasteiger partial charge in [0.25, 0.3) is 0 Å². The van der Waals surface area contributed by atoms with Gasteiger partial charge in [-0.1, -0.05) is 18.3 Å². The van der Waals surface area contributed by atoms with Crippen molar-refractivity contribution in [1.29, 1.82) is 0 Å². The number of ether oxygens (including phenoxy) is 1. The number of nitrogens with zero attached hydrogens (tertiary/aromatic N) is 1. The smallest absolute Gasteiger partial charge is 0.133 e. The fraction of sp³-hybridized carbons (Fsp3) is 0.500. The highest BCUT2D eigenvalue weighted by atomic mass is 32.1. The van der Waals surface area contributed by atoms with Gasteiger partial charge in [0, 0.05) is 31.4 Å². The SMILES string of the molecule is CN(Cc1ccc(F)c(C(N)=S)c1)C1CCOCC1. The van der Waals surface area contributed by atoms with Gasteiger partial charge in [-0.25, -0.2) is 4.39 Å². The van der Waals surface area contributed by atoms with Gasteiger partial charge < -0.3 is 10.5 Å². The lowest BCUT2D eigenvalue weighted by atomic mass is 10.1. The van der Waals surface area contributed by atoms with Gasteiger partial charge in [-0.3, -0.25) is 4.90 Å². The molecule has 5 heteroatoms. The molecule has 0 atom stereocenters. The van der Waals surface area contributed by atoms with Crippen molar-refractivity contribution in [2.75, 3.05) is 20.3 Å². The second-order valence-electron chi connectivity index (χ2n) is 4.94. The number of halogens is 1. The number of rotatable bonds is 4. The number of thiocarbonyl (C=S) groups is 1. The van der Waals surface area contributed by atoms with E-state index < -0.39 is 0 Å². The van der Waals surface area contributed by atoms with Crippen LogP contribution in [0.4, 0.5) is 4.39 Å². The Morgan fingerprint density at radius 2 is 2.16 bits per heavy atom. The van der Waals surface area contributed by atoms with Gasteiger partial charge in [-0.05, 0) is 37.6 Å². The van der Waals surface area contributed by atoms with E-state index in [1.165, 1.54) is 6.07 Å². The molecule has 19 heavy (non-hydrogen) atoms. The average Bonchev–Trinajstić information content (AvgIpc) is 2.41. The zero-order valence-electron chi connectivity index (χ0n) is 11.1. The highest BCUT2D eigenvalue weighted by molar-refractivity contribution is 7.80. The number of nitrogens with two attached hydrogens (primary N) is 1. The molecule has 0 spiro atoms. The Labute approximate surface area is 118 Å². The molecule has 2 rings (SSSR count). The van der Waals surface area contributed by atoms with Gasteiger partial charge in [0.15, 0.2) is 0 Å². The van der Waals surface area contributed by atoms with Crippen LogP contribution >= 0.6 is 12.2 Å². The van der Waals surface area contributed by atoms with Crippen LogP contribution in [0.1, 0.15) is 24.0 Å². The summed E-state index contributed by atoms with van der Waals surface area (Å²) in [5, 5.41) is 0. The third-order valence-corrected chi connectivity index (χ3v) is 3.76. The molecular weight excluding hydrogens is 263 g/mol. The Kier molecular flexibility index (Phi) is 4.85. The first-order chi connectivity index (χ1) is 9.08. The van der Waals surface area contributed by atoms with E-state index in [1.54, 1.807) is 12.1 Å². The maximum Gasteiger partial charge on any atom is 0.133 e. The molecule has 2 N–H and O–H groups in total. The summed E-state index contributed by atoms with van der Waals surface area (Å²) in [5.41, 5.74) is 6.87. The predicted octanol–water partition coefficient (Wildman–Crippen LogP) is 2.07. The van der Waals surface area contributed by atoms with E-state index in [-0.39, 0.29) is 10.8 Å². The Bertz CT molecular complexity index is 461. The second kappa shape index (κ2) is 6.41. The van der Waals surface area contributed by atoms with E-state index in [0.717, 1.165) is 38.2 Å². The van der Waals surface area contributed by atoms with E-state index in [4.69, 9.17) is 22.7 Å². The van der Waals surface area contributed by atoms with Crippen LogP contribution in [0, 0.1) is 5.82 Å². The first kappa shape index (κ1) is 14.4. The maximum atomic E-state index is 13.5. The summed E-state index contributed by atoms with van der Waals surface area (Å²) in [6, 6.07) is 5.48. The predicted molar refractivity (Wildman–Crippen MR) is 77.6 cm³/mol. The van der Waals surface area contributed by atoms with Gasteiger partial charge in [0.2, 0.25) is 0 Å². The molecule has 3 nitrogen and oxygen atoms in total. The first-order valence-corrected chi connectivity index (χ1v) is 6.85. The lowest BCUT2D eigenvalue weighted by molar-refractivity contribution is 0.0407. The molecule has 0 amide bonds. The van der Waals surface area contributed by atoms with Gasteiger partial charge in [0.05, 0.1) is 0 Å². The second-order valence-corrected chi connectivity index (χ2v) is 5.38. The maximum absolute atomic E-state index is 13.5. The Morgan fingerprint density at radius 3 is 2.79 bits per heavy atom. The van der Waals surface area contributed by atoms with Crippen LogP contribution in [0.25, 0.3) is 0 Å². The molecule has 1 fully saturated rings. The Hall–Kier alpha value is -1.04. The zero-order chi connectivity index (χ0) is 13.8. The van der Waals surface area contributed by atoms with Crippen LogP contribution in [0.15, 0.2) is 18.2 Å². The van der Waals surface area contributed by atoms with E-state index in [2.05, 4.69) is 11.9 Å². The van der Waals surface area contributed by atoms with Gasteiger partial charge in [0.1, 0.15) is 10.8 Å². The van der Waals surface area contributed by atoms with Crippen LogP contribution in [-0.2, 0) is 11.3 Å². The normalized spacial score (nSPS) is 16.8. The quantitative estimate of drug-likeness (QED) is 0.858. The molecule has 0 bridgehead atoms. The van der Waals surface area contributed by atoms with Crippen LogP contribution in [0.3, 0.4) is 0 Å². The number of hydrogen-bond acceptors (Lipinski definition) is 3. The lowest BCUT2D eigenvalue weighted by Crippen LogP contribution is -2.36. The molecule has 1 aromatic carbocycles. The molecule has 0 unspecified atom stereocenters. The van der Waals surface area contributed by atoms with Crippen molar-refractivity contribution >= 4 is 17.2 Å². The zero-order valence-corrected chi connectivity index (χ0v) is 11.9. The van der Waals surface area contributed by atoms with Crippen molar-refractivity contribution in [3.63, 3.8) is 0 Å². The topological polar surface area (TPSA) is 38.5 Å². The third kappa shape index (κ3) is 3.72. The summed E-state index contributed by atoms with van der Waals surface area (Å²) in [6.07, 6.45) is 2.08. The van der Waals surface area contributed by atoms with E-state index in [9.17, 15) is 4.39 Å². The average molecular weight is 282 g/mol. The minimum Gasteiger partial charge on any atom is -0.389 e.